The smallest absolute Gasteiger partial charge is 0.196 e. The first kappa shape index (κ1) is 13.7. The molecule has 0 bridgehead atoms. The molecule has 17 heavy (non-hydrogen) atoms. The van der Waals surface area contributed by atoms with Gasteiger partial charge in [0.25, 0.3) is 0 Å². The lowest BCUT2D eigenvalue weighted by Crippen LogP contribution is -2.28. The molecule has 0 saturated heterocycles. The van der Waals surface area contributed by atoms with Crippen LogP contribution in [0.15, 0.2) is 16.5 Å². The highest BCUT2D eigenvalue weighted by Gasteiger charge is 2.10. The minimum Gasteiger partial charge on any atom is -0.438 e. The summed E-state index contributed by atoms with van der Waals surface area (Å²) in [7, 11) is 3.34. The van der Waals surface area contributed by atoms with Crippen molar-refractivity contribution in [2.24, 2.45) is 0 Å². The third-order valence-electron chi connectivity index (χ3n) is 2.38. The first-order valence-corrected chi connectivity index (χ1v) is 5.59. The lowest BCUT2D eigenvalue weighted by Gasteiger charge is -2.21. The second kappa shape index (κ2) is 7.86. The predicted octanol–water partition coefficient (Wildman–Crippen LogP) is 1.58. The molecule has 96 valence electrons. The first-order chi connectivity index (χ1) is 8.31. The molecule has 0 aliphatic rings. The topological polar surface area (TPSA) is 51.9 Å². The van der Waals surface area contributed by atoms with Gasteiger partial charge in [0, 0.05) is 40.0 Å². The lowest BCUT2D eigenvalue weighted by atomic mass is 10.4. The fraction of sp³-hybridized carbons (Fsp3) is 0.583. The maximum Gasteiger partial charge on any atom is 0.196 e. The average molecular weight is 241 g/mol. The molecular formula is C12H19NO4. The molecule has 0 spiro atoms. The Morgan fingerprint density at radius 3 is 2.59 bits per heavy atom. The Balaban J connectivity index is 2.56. The van der Waals surface area contributed by atoms with Gasteiger partial charge < -0.3 is 18.8 Å². The van der Waals surface area contributed by atoms with E-state index in [4.69, 9.17) is 13.9 Å². The lowest BCUT2D eigenvalue weighted by molar-refractivity contribution is 0.110. The van der Waals surface area contributed by atoms with Crippen LogP contribution in [0, 0.1) is 0 Å². The van der Waals surface area contributed by atoms with Crippen LogP contribution in [0.5, 0.6) is 0 Å². The largest absolute Gasteiger partial charge is 0.438 e. The molecule has 0 amide bonds. The minimum absolute atomic E-state index is 0.342. The van der Waals surface area contributed by atoms with Crippen LogP contribution in [0.25, 0.3) is 0 Å². The maximum absolute atomic E-state index is 10.6. The SMILES string of the molecule is COCCCN(CCOC)c1ccc(C=O)o1. The number of aldehydes is 1. The molecule has 0 aromatic carbocycles. The van der Waals surface area contributed by atoms with E-state index >= 15 is 0 Å². The molecule has 5 nitrogen and oxygen atoms in total. The van der Waals surface area contributed by atoms with Gasteiger partial charge >= 0.3 is 0 Å². The molecule has 0 unspecified atom stereocenters. The molecule has 1 aromatic heterocycles. The zero-order valence-corrected chi connectivity index (χ0v) is 10.3. The van der Waals surface area contributed by atoms with Crippen molar-refractivity contribution in [2.75, 3.05) is 45.4 Å². The van der Waals surface area contributed by atoms with E-state index in [0.29, 0.717) is 31.1 Å². The number of anilines is 1. The number of hydrogen-bond acceptors (Lipinski definition) is 5. The van der Waals surface area contributed by atoms with E-state index in [1.165, 1.54) is 0 Å². The van der Waals surface area contributed by atoms with Crippen LogP contribution in [-0.2, 0) is 9.47 Å². The maximum atomic E-state index is 10.6. The van der Waals surface area contributed by atoms with Gasteiger partial charge in [0.15, 0.2) is 17.9 Å². The van der Waals surface area contributed by atoms with Gasteiger partial charge in [-0.1, -0.05) is 0 Å². The molecule has 5 heteroatoms. The van der Waals surface area contributed by atoms with Gasteiger partial charge in [0.2, 0.25) is 0 Å². The molecule has 1 rings (SSSR count). The van der Waals surface area contributed by atoms with Crippen molar-refractivity contribution < 1.29 is 18.7 Å². The van der Waals surface area contributed by atoms with Crippen LogP contribution < -0.4 is 4.90 Å². The molecule has 0 saturated carbocycles. The van der Waals surface area contributed by atoms with Crippen LogP contribution in [0.1, 0.15) is 17.0 Å². The summed E-state index contributed by atoms with van der Waals surface area (Å²) in [5.74, 6) is 1.04. The van der Waals surface area contributed by atoms with E-state index in [-0.39, 0.29) is 0 Å². The summed E-state index contributed by atoms with van der Waals surface area (Å²) in [5.41, 5.74) is 0. The monoisotopic (exact) mass is 241 g/mol. The number of furan rings is 1. The Morgan fingerprint density at radius 2 is 2.00 bits per heavy atom. The highest BCUT2D eigenvalue weighted by molar-refractivity contribution is 5.71. The summed E-state index contributed by atoms with van der Waals surface area (Å²) in [5, 5.41) is 0. The van der Waals surface area contributed by atoms with Crippen molar-refractivity contribution in [2.45, 2.75) is 6.42 Å². The fourth-order valence-electron chi connectivity index (χ4n) is 1.51. The van der Waals surface area contributed by atoms with Gasteiger partial charge in [0.1, 0.15) is 0 Å². The summed E-state index contributed by atoms with van der Waals surface area (Å²) >= 11 is 0. The number of nitrogens with zero attached hydrogens (tertiary/aromatic N) is 1. The molecule has 0 aliphatic heterocycles. The van der Waals surface area contributed by atoms with E-state index in [9.17, 15) is 4.79 Å². The van der Waals surface area contributed by atoms with Crippen LogP contribution in [0.2, 0.25) is 0 Å². The number of ether oxygens (including phenoxy) is 2. The van der Waals surface area contributed by atoms with Crippen molar-refractivity contribution >= 4 is 12.2 Å². The molecule has 0 radical (unpaired) electrons. The number of carbonyl (C=O) groups excluding carboxylic acids is 1. The van der Waals surface area contributed by atoms with Crippen molar-refractivity contribution in [1.82, 2.24) is 0 Å². The normalized spacial score (nSPS) is 10.5. The Bertz CT molecular complexity index is 324. The second-order valence-electron chi connectivity index (χ2n) is 3.62. The van der Waals surface area contributed by atoms with E-state index in [0.717, 1.165) is 19.5 Å². The zero-order chi connectivity index (χ0) is 12.5. The second-order valence-corrected chi connectivity index (χ2v) is 3.62. The highest BCUT2D eigenvalue weighted by Crippen LogP contribution is 2.17. The van der Waals surface area contributed by atoms with Crippen LogP contribution in [-0.4, -0.2) is 46.8 Å². The van der Waals surface area contributed by atoms with Crippen molar-refractivity contribution in [3.63, 3.8) is 0 Å². The van der Waals surface area contributed by atoms with Crippen LogP contribution in [0.3, 0.4) is 0 Å². The van der Waals surface area contributed by atoms with E-state index in [1.54, 1.807) is 26.4 Å². The van der Waals surface area contributed by atoms with Gasteiger partial charge in [0.05, 0.1) is 6.61 Å². The molecule has 0 aliphatic carbocycles. The summed E-state index contributed by atoms with van der Waals surface area (Å²) in [6.45, 7) is 2.85. The fourth-order valence-corrected chi connectivity index (χ4v) is 1.51. The van der Waals surface area contributed by atoms with Crippen molar-refractivity contribution in [1.29, 1.82) is 0 Å². The Labute approximate surface area is 101 Å². The Kier molecular flexibility index (Phi) is 6.35. The molecule has 0 atom stereocenters. The Morgan fingerprint density at radius 1 is 1.24 bits per heavy atom. The van der Waals surface area contributed by atoms with Gasteiger partial charge in [-0.3, -0.25) is 4.79 Å². The molecule has 0 N–H and O–H groups in total. The average Bonchev–Trinajstić information content (AvgIpc) is 2.82. The van der Waals surface area contributed by atoms with E-state index < -0.39 is 0 Å². The first-order valence-electron chi connectivity index (χ1n) is 5.59. The number of carbonyl (C=O) groups is 1. The van der Waals surface area contributed by atoms with Gasteiger partial charge in [-0.15, -0.1) is 0 Å². The molecule has 0 fully saturated rings. The standard InChI is InChI=1S/C12H19NO4/c1-15-8-3-6-13(7-9-16-2)12-5-4-11(10-14)17-12/h4-5,10H,3,6-9H2,1-2H3. The minimum atomic E-state index is 0.342. The van der Waals surface area contributed by atoms with Crippen LogP contribution >= 0.6 is 0 Å². The molecule has 1 aromatic rings. The third kappa shape index (κ3) is 4.58. The van der Waals surface area contributed by atoms with Gasteiger partial charge in [-0.2, -0.15) is 0 Å². The third-order valence-corrected chi connectivity index (χ3v) is 2.38. The number of hydrogen-bond donors (Lipinski definition) is 0. The van der Waals surface area contributed by atoms with E-state index in [1.807, 2.05) is 4.90 Å². The number of rotatable bonds is 9. The van der Waals surface area contributed by atoms with E-state index in [2.05, 4.69) is 0 Å². The summed E-state index contributed by atoms with van der Waals surface area (Å²) < 4.78 is 15.4. The highest BCUT2D eigenvalue weighted by atomic mass is 16.5. The van der Waals surface area contributed by atoms with Gasteiger partial charge in [-0.25, -0.2) is 0 Å². The van der Waals surface area contributed by atoms with Crippen molar-refractivity contribution in [3.8, 4) is 0 Å². The summed E-state index contributed by atoms with van der Waals surface area (Å²) in [6, 6.07) is 3.46. The zero-order valence-electron chi connectivity index (χ0n) is 10.3. The molecular weight excluding hydrogens is 222 g/mol. The van der Waals surface area contributed by atoms with Crippen molar-refractivity contribution in [3.05, 3.63) is 17.9 Å². The Hall–Kier alpha value is -1.33. The predicted molar refractivity (Wildman–Crippen MR) is 64.7 cm³/mol. The van der Waals surface area contributed by atoms with Crippen LogP contribution in [0.4, 0.5) is 5.88 Å². The quantitative estimate of drug-likeness (QED) is 0.485. The molecule has 1 heterocycles. The van der Waals surface area contributed by atoms with Gasteiger partial charge in [-0.05, 0) is 12.5 Å². The summed E-state index contributed by atoms with van der Waals surface area (Å²) in [6.07, 6.45) is 1.60. The number of methoxy groups -OCH3 is 2. The summed E-state index contributed by atoms with van der Waals surface area (Å²) in [4.78, 5) is 12.6.